The van der Waals surface area contributed by atoms with Crippen LogP contribution in [0.4, 0.5) is 0 Å². The molecule has 2 unspecified atom stereocenters. The van der Waals surface area contributed by atoms with Crippen molar-refractivity contribution in [1.29, 1.82) is 5.26 Å². The second-order valence-corrected chi connectivity index (χ2v) is 7.86. The molecule has 1 aromatic heterocycles. The highest BCUT2D eigenvalue weighted by Crippen LogP contribution is 2.42. The molecule has 2 fully saturated rings. The summed E-state index contributed by atoms with van der Waals surface area (Å²) in [4.78, 5) is 19.9. The van der Waals surface area contributed by atoms with E-state index in [2.05, 4.69) is 9.97 Å². The molecule has 2 saturated heterocycles. The number of aromatic nitrogens is 2. The van der Waals surface area contributed by atoms with Crippen molar-refractivity contribution >= 4 is 15.6 Å². The standard InChI is InChI=1S/C13H13N3O3S/c14-5-12-15-6-9(7-16-12)13(17)8-3-10-1-2-11(4-8)20(10,18)19/h6-8,10-11H,1-4H2. The van der Waals surface area contributed by atoms with Crippen molar-refractivity contribution < 1.29 is 13.2 Å². The number of carbonyl (C=O) groups excluding carboxylic acids is 1. The van der Waals surface area contributed by atoms with Gasteiger partial charge < -0.3 is 0 Å². The molecule has 7 heteroatoms. The smallest absolute Gasteiger partial charge is 0.232 e. The summed E-state index contributed by atoms with van der Waals surface area (Å²) in [7, 11) is -3.01. The predicted molar refractivity (Wildman–Crippen MR) is 69.5 cm³/mol. The van der Waals surface area contributed by atoms with Crippen molar-refractivity contribution in [2.45, 2.75) is 36.2 Å². The Kier molecular flexibility index (Phi) is 3.05. The van der Waals surface area contributed by atoms with Crippen LogP contribution in [0.15, 0.2) is 12.4 Å². The number of hydrogen-bond donors (Lipinski definition) is 0. The molecule has 2 atom stereocenters. The molecular weight excluding hydrogens is 278 g/mol. The van der Waals surface area contributed by atoms with E-state index in [1.807, 2.05) is 0 Å². The first-order chi connectivity index (χ1) is 9.52. The van der Waals surface area contributed by atoms with Gasteiger partial charge in [0.05, 0.1) is 16.1 Å². The van der Waals surface area contributed by atoms with Gasteiger partial charge in [0.1, 0.15) is 6.07 Å². The Balaban J connectivity index is 1.81. The van der Waals surface area contributed by atoms with E-state index in [1.165, 1.54) is 12.4 Å². The fraction of sp³-hybridized carbons (Fsp3) is 0.538. The molecule has 2 aliphatic heterocycles. The zero-order chi connectivity index (χ0) is 14.3. The van der Waals surface area contributed by atoms with Crippen molar-refractivity contribution in [3.05, 3.63) is 23.8 Å². The monoisotopic (exact) mass is 291 g/mol. The van der Waals surface area contributed by atoms with E-state index in [1.54, 1.807) is 6.07 Å². The second-order valence-electron chi connectivity index (χ2n) is 5.35. The van der Waals surface area contributed by atoms with E-state index in [0.717, 1.165) is 0 Å². The molecule has 0 saturated carbocycles. The minimum absolute atomic E-state index is 0.0211. The summed E-state index contributed by atoms with van der Waals surface area (Å²) in [5, 5.41) is 7.89. The number of fused-ring (bicyclic) bond motifs is 2. The van der Waals surface area contributed by atoms with Crippen molar-refractivity contribution in [3.8, 4) is 6.07 Å². The lowest BCUT2D eigenvalue weighted by Crippen LogP contribution is -2.36. The number of rotatable bonds is 2. The van der Waals surface area contributed by atoms with E-state index in [0.29, 0.717) is 31.2 Å². The molecule has 6 nitrogen and oxygen atoms in total. The van der Waals surface area contributed by atoms with Gasteiger partial charge >= 0.3 is 0 Å². The molecule has 0 amide bonds. The zero-order valence-electron chi connectivity index (χ0n) is 10.7. The van der Waals surface area contributed by atoms with Crippen LogP contribution in [0, 0.1) is 17.2 Å². The average Bonchev–Trinajstić information content (AvgIpc) is 2.66. The molecule has 2 bridgehead atoms. The molecule has 0 aromatic carbocycles. The van der Waals surface area contributed by atoms with Gasteiger partial charge in [0.15, 0.2) is 15.6 Å². The SMILES string of the molecule is N#Cc1ncc(C(=O)C2CC3CCC(C2)S3(=O)=O)cn1. The number of sulfone groups is 1. The van der Waals surface area contributed by atoms with Crippen LogP contribution in [-0.2, 0) is 9.84 Å². The fourth-order valence-electron chi connectivity index (χ4n) is 3.17. The average molecular weight is 291 g/mol. The summed E-state index contributed by atoms with van der Waals surface area (Å²) in [5.74, 6) is -0.360. The van der Waals surface area contributed by atoms with Crippen LogP contribution in [0.1, 0.15) is 41.9 Å². The van der Waals surface area contributed by atoms with Crippen molar-refractivity contribution in [2.75, 3.05) is 0 Å². The highest BCUT2D eigenvalue weighted by Gasteiger charge is 2.48. The Bertz CT molecular complexity index is 671. The number of Topliss-reactive ketones (excluding diaryl/α,β-unsaturated/α-hetero) is 1. The Hall–Kier alpha value is -1.81. The van der Waals surface area contributed by atoms with Crippen LogP contribution >= 0.6 is 0 Å². The van der Waals surface area contributed by atoms with Crippen molar-refractivity contribution in [1.82, 2.24) is 9.97 Å². The van der Waals surface area contributed by atoms with Crippen LogP contribution in [0.25, 0.3) is 0 Å². The second kappa shape index (κ2) is 4.63. The number of nitriles is 1. The molecule has 0 aliphatic carbocycles. The van der Waals surface area contributed by atoms with Crippen LogP contribution in [0.2, 0.25) is 0 Å². The van der Waals surface area contributed by atoms with Gasteiger partial charge in [0.2, 0.25) is 5.82 Å². The molecule has 0 radical (unpaired) electrons. The number of hydrogen-bond acceptors (Lipinski definition) is 6. The summed E-state index contributed by atoms with van der Waals surface area (Å²) in [6, 6.07) is 1.79. The minimum Gasteiger partial charge on any atom is -0.294 e. The summed E-state index contributed by atoms with van der Waals surface area (Å²) >= 11 is 0. The van der Waals surface area contributed by atoms with Gasteiger partial charge in [-0.2, -0.15) is 5.26 Å². The van der Waals surface area contributed by atoms with E-state index in [4.69, 9.17) is 5.26 Å². The summed E-state index contributed by atoms with van der Waals surface area (Å²) in [6.07, 6.45) is 4.83. The molecule has 2 aliphatic rings. The highest BCUT2D eigenvalue weighted by atomic mass is 32.2. The Labute approximate surface area is 116 Å². The molecule has 20 heavy (non-hydrogen) atoms. The van der Waals surface area contributed by atoms with Gasteiger partial charge in [-0.1, -0.05) is 0 Å². The van der Waals surface area contributed by atoms with Gasteiger partial charge in [0, 0.05) is 18.3 Å². The van der Waals surface area contributed by atoms with Crippen molar-refractivity contribution in [3.63, 3.8) is 0 Å². The minimum atomic E-state index is -3.01. The largest absolute Gasteiger partial charge is 0.294 e. The Morgan fingerprint density at radius 3 is 2.25 bits per heavy atom. The lowest BCUT2D eigenvalue weighted by Gasteiger charge is -2.26. The third-order valence-electron chi connectivity index (χ3n) is 4.24. The lowest BCUT2D eigenvalue weighted by molar-refractivity contribution is 0.0904. The van der Waals surface area contributed by atoms with E-state index in [-0.39, 0.29) is 28.0 Å². The van der Waals surface area contributed by atoms with E-state index < -0.39 is 9.84 Å². The number of ketones is 1. The lowest BCUT2D eigenvalue weighted by atomic mass is 9.91. The van der Waals surface area contributed by atoms with Gasteiger partial charge in [-0.3, -0.25) is 4.79 Å². The fourth-order valence-corrected chi connectivity index (χ4v) is 5.64. The van der Waals surface area contributed by atoms with Crippen LogP contribution in [0.3, 0.4) is 0 Å². The first-order valence-corrected chi connectivity index (χ1v) is 8.12. The van der Waals surface area contributed by atoms with E-state index in [9.17, 15) is 13.2 Å². The third-order valence-corrected chi connectivity index (χ3v) is 6.96. The van der Waals surface area contributed by atoms with Gasteiger partial charge in [-0.05, 0) is 25.7 Å². The Morgan fingerprint density at radius 1 is 1.20 bits per heavy atom. The molecule has 0 N–H and O–H groups in total. The van der Waals surface area contributed by atoms with Gasteiger partial charge in [-0.25, -0.2) is 18.4 Å². The topological polar surface area (TPSA) is 101 Å². The Morgan fingerprint density at radius 2 is 1.75 bits per heavy atom. The molecule has 0 spiro atoms. The summed E-state index contributed by atoms with van der Waals surface area (Å²) in [6.45, 7) is 0. The summed E-state index contributed by atoms with van der Waals surface area (Å²) < 4.78 is 24.0. The number of carbonyl (C=O) groups is 1. The molecular formula is C13H13N3O3S. The summed E-state index contributed by atoms with van der Waals surface area (Å²) in [5.41, 5.74) is 0.354. The predicted octanol–water partition coefficient (Wildman–Crippen LogP) is 0.887. The van der Waals surface area contributed by atoms with Crippen LogP contribution < -0.4 is 0 Å². The molecule has 1 aromatic rings. The molecule has 3 rings (SSSR count). The maximum Gasteiger partial charge on any atom is 0.232 e. The van der Waals surface area contributed by atoms with Gasteiger partial charge in [-0.15, -0.1) is 0 Å². The van der Waals surface area contributed by atoms with Crippen molar-refractivity contribution in [2.24, 2.45) is 5.92 Å². The quantitative estimate of drug-likeness (QED) is 0.750. The van der Waals surface area contributed by atoms with Crippen LogP contribution in [-0.4, -0.2) is 34.7 Å². The van der Waals surface area contributed by atoms with E-state index >= 15 is 0 Å². The molecule has 104 valence electrons. The maximum atomic E-state index is 12.4. The zero-order valence-corrected chi connectivity index (χ0v) is 11.5. The van der Waals surface area contributed by atoms with Gasteiger partial charge in [0.25, 0.3) is 0 Å². The van der Waals surface area contributed by atoms with Crippen LogP contribution in [0.5, 0.6) is 0 Å². The number of nitrogens with zero attached hydrogens (tertiary/aromatic N) is 3. The normalized spacial score (nSPS) is 30.6. The third kappa shape index (κ3) is 2.00. The molecule has 3 heterocycles. The first kappa shape index (κ1) is 13.2. The maximum absolute atomic E-state index is 12.4. The first-order valence-electron chi connectivity index (χ1n) is 6.51. The highest BCUT2D eigenvalue weighted by molar-refractivity contribution is 7.93.